The lowest BCUT2D eigenvalue weighted by Gasteiger charge is -2.17. The van der Waals surface area contributed by atoms with Gasteiger partial charge in [0.25, 0.3) is 0 Å². The van der Waals surface area contributed by atoms with E-state index in [1.54, 1.807) is 0 Å². The van der Waals surface area contributed by atoms with E-state index in [1.165, 1.54) is 49.9 Å². The van der Waals surface area contributed by atoms with Gasteiger partial charge in [0.15, 0.2) is 0 Å². The molecule has 3 rings (SSSR count). The number of carboxylic acid groups (broad SMARTS) is 1. The molecule has 0 radical (unpaired) electrons. The normalized spacial score (nSPS) is 21.0. The molecule has 1 saturated heterocycles. The lowest BCUT2D eigenvalue weighted by atomic mass is 9.90. The second kappa shape index (κ2) is 5.96. The molecule has 1 aliphatic heterocycles. The van der Waals surface area contributed by atoms with Gasteiger partial charge in [0.1, 0.15) is 0 Å². The summed E-state index contributed by atoms with van der Waals surface area (Å²) < 4.78 is 0. The molecule has 1 aliphatic carbocycles. The number of rotatable bonds is 6. The van der Waals surface area contributed by atoms with Crippen LogP contribution >= 0.6 is 0 Å². The zero-order chi connectivity index (χ0) is 13.9. The van der Waals surface area contributed by atoms with Crippen molar-refractivity contribution < 1.29 is 9.90 Å². The molecular formula is C17H23NO2. The summed E-state index contributed by atoms with van der Waals surface area (Å²) in [5.74, 6) is 0.131. The summed E-state index contributed by atoms with van der Waals surface area (Å²) in [6, 6.07) is 8.67. The lowest BCUT2D eigenvalue weighted by Crippen LogP contribution is -2.18. The predicted molar refractivity (Wildman–Crippen MR) is 78.7 cm³/mol. The van der Waals surface area contributed by atoms with Gasteiger partial charge in [-0.15, -0.1) is 0 Å². The van der Waals surface area contributed by atoms with E-state index in [0.29, 0.717) is 5.92 Å². The molecule has 2 aliphatic rings. The largest absolute Gasteiger partial charge is 0.481 e. The van der Waals surface area contributed by atoms with Crippen molar-refractivity contribution in [2.24, 2.45) is 5.92 Å². The van der Waals surface area contributed by atoms with Crippen LogP contribution in [0.1, 0.15) is 49.1 Å². The highest BCUT2D eigenvalue weighted by molar-refractivity contribution is 5.68. The first-order chi connectivity index (χ1) is 9.72. The fraction of sp³-hybridized carbons (Fsp3) is 0.588. The van der Waals surface area contributed by atoms with Crippen LogP contribution in [0.5, 0.6) is 0 Å². The van der Waals surface area contributed by atoms with Crippen LogP contribution in [0.15, 0.2) is 24.3 Å². The van der Waals surface area contributed by atoms with Crippen LogP contribution in [0.3, 0.4) is 0 Å². The Morgan fingerprint density at radius 2 is 1.85 bits per heavy atom. The van der Waals surface area contributed by atoms with Crippen molar-refractivity contribution in [2.45, 2.75) is 44.6 Å². The first kappa shape index (κ1) is 13.6. The van der Waals surface area contributed by atoms with Crippen molar-refractivity contribution in [1.29, 1.82) is 0 Å². The number of carboxylic acids is 1. The number of carbonyl (C=O) groups is 1. The SMILES string of the molecule is O=C(O)CC(c1ccc(CN2CCCC2)cc1)C1CC1. The van der Waals surface area contributed by atoms with Crippen LogP contribution < -0.4 is 0 Å². The Morgan fingerprint density at radius 3 is 2.40 bits per heavy atom. The van der Waals surface area contributed by atoms with E-state index in [1.807, 2.05) is 0 Å². The lowest BCUT2D eigenvalue weighted by molar-refractivity contribution is -0.137. The van der Waals surface area contributed by atoms with Crippen molar-refractivity contribution in [3.63, 3.8) is 0 Å². The van der Waals surface area contributed by atoms with Gasteiger partial charge in [0, 0.05) is 6.54 Å². The van der Waals surface area contributed by atoms with Crippen LogP contribution in [-0.2, 0) is 11.3 Å². The molecule has 0 spiro atoms. The summed E-state index contributed by atoms with van der Waals surface area (Å²) in [5, 5.41) is 9.06. The highest BCUT2D eigenvalue weighted by Gasteiger charge is 2.33. The molecule has 1 aromatic carbocycles. The quantitative estimate of drug-likeness (QED) is 0.865. The smallest absolute Gasteiger partial charge is 0.303 e. The van der Waals surface area contributed by atoms with Gasteiger partial charge >= 0.3 is 5.97 Å². The molecule has 108 valence electrons. The van der Waals surface area contributed by atoms with E-state index >= 15 is 0 Å². The summed E-state index contributed by atoms with van der Waals surface area (Å²) in [7, 11) is 0. The van der Waals surface area contributed by atoms with Gasteiger partial charge in [-0.2, -0.15) is 0 Å². The van der Waals surface area contributed by atoms with Crippen molar-refractivity contribution in [2.75, 3.05) is 13.1 Å². The fourth-order valence-electron chi connectivity index (χ4n) is 3.31. The fourth-order valence-corrected chi connectivity index (χ4v) is 3.31. The number of hydrogen-bond donors (Lipinski definition) is 1. The van der Waals surface area contributed by atoms with Gasteiger partial charge in [-0.25, -0.2) is 0 Å². The van der Waals surface area contributed by atoms with Gasteiger partial charge < -0.3 is 5.11 Å². The van der Waals surface area contributed by atoms with Gasteiger partial charge in [-0.05, 0) is 61.7 Å². The molecule has 1 aromatic rings. The maximum Gasteiger partial charge on any atom is 0.303 e. The monoisotopic (exact) mass is 273 g/mol. The number of aliphatic carboxylic acids is 1. The second-order valence-electron chi connectivity index (χ2n) is 6.27. The Balaban J connectivity index is 1.65. The van der Waals surface area contributed by atoms with Crippen molar-refractivity contribution >= 4 is 5.97 Å². The standard InChI is InChI=1S/C17H23NO2/c19-17(20)11-16(15-7-8-15)14-5-3-13(4-6-14)12-18-9-1-2-10-18/h3-6,15-16H,1-2,7-12H2,(H,19,20). The molecule has 1 atom stereocenters. The minimum Gasteiger partial charge on any atom is -0.481 e. The first-order valence-electron chi connectivity index (χ1n) is 7.75. The maximum atomic E-state index is 11.0. The Bertz CT molecular complexity index is 458. The minimum atomic E-state index is -0.678. The van der Waals surface area contributed by atoms with Crippen LogP contribution in [0, 0.1) is 5.92 Å². The van der Waals surface area contributed by atoms with Gasteiger partial charge in [-0.3, -0.25) is 9.69 Å². The van der Waals surface area contributed by atoms with Crippen LogP contribution in [-0.4, -0.2) is 29.1 Å². The molecule has 0 aromatic heterocycles. The number of likely N-dealkylation sites (tertiary alicyclic amines) is 1. The first-order valence-corrected chi connectivity index (χ1v) is 7.75. The highest BCUT2D eigenvalue weighted by Crippen LogP contribution is 2.44. The molecule has 20 heavy (non-hydrogen) atoms. The molecular weight excluding hydrogens is 250 g/mol. The predicted octanol–water partition coefficient (Wildman–Crippen LogP) is 3.25. The summed E-state index contributed by atoms with van der Waals surface area (Å²) >= 11 is 0. The minimum absolute atomic E-state index is 0.216. The second-order valence-corrected chi connectivity index (χ2v) is 6.27. The third kappa shape index (κ3) is 3.40. The van der Waals surface area contributed by atoms with E-state index in [2.05, 4.69) is 29.2 Å². The Hall–Kier alpha value is -1.35. The highest BCUT2D eigenvalue weighted by atomic mass is 16.4. The summed E-state index contributed by atoms with van der Waals surface area (Å²) in [6.45, 7) is 3.46. The van der Waals surface area contributed by atoms with Crippen molar-refractivity contribution in [1.82, 2.24) is 4.90 Å². The average Bonchev–Trinajstić information content (AvgIpc) is 3.15. The number of benzene rings is 1. The Kier molecular flexibility index (Phi) is 4.06. The summed E-state index contributed by atoms with van der Waals surface area (Å²) in [4.78, 5) is 13.5. The molecule has 3 nitrogen and oxygen atoms in total. The van der Waals surface area contributed by atoms with Crippen LogP contribution in [0.4, 0.5) is 0 Å². The maximum absolute atomic E-state index is 11.0. The van der Waals surface area contributed by atoms with Crippen molar-refractivity contribution in [3.8, 4) is 0 Å². The third-order valence-electron chi connectivity index (χ3n) is 4.60. The van der Waals surface area contributed by atoms with Crippen LogP contribution in [0.2, 0.25) is 0 Å². The van der Waals surface area contributed by atoms with E-state index in [-0.39, 0.29) is 12.3 Å². The molecule has 2 fully saturated rings. The van der Waals surface area contributed by atoms with Crippen molar-refractivity contribution in [3.05, 3.63) is 35.4 Å². The van der Waals surface area contributed by atoms with Crippen LogP contribution in [0.25, 0.3) is 0 Å². The van der Waals surface area contributed by atoms with E-state index in [4.69, 9.17) is 5.11 Å². The molecule has 1 heterocycles. The van der Waals surface area contributed by atoms with Gasteiger partial charge in [-0.1, -0.05) is 24.3 Å². The van der Waals surface area contributed by atoms with Gasteiger partial charge in [0.05, 0.1) is 6.42 Å². The van der Waals surface area contributed by atoms with E-state index < -0.39 is 5.97 Å². The zero-order valence-electron chi connectivity index (χ0n) is 11.9. The molecule has 1 unspecified atom stereocenters. The molecule has 1 saturated carbocycles. The third-order valence-corrected chi connectivity index (χ3v) is 4.60. The summed E-state index contributed by atoms with van der Waals surface area (Å²) in [6.07, 6.45) is 5.29. The molecule has 0 bridgehead atoms. The average molecular weight is 273 g/mol. The molecule has 0 amide bonds. The molecule has 3 heteroatoms. The Labute approximate surface area is 120 Å². The van der Waals surface area contributed by atoms with E-state index in [0.717, 1.165) is 6.54 Å². The number of nitrogens with zero attached hydrogens (tertiary/aromatic N) is 1. The topological polar surface area (TPSA) is 40.5 Å². The van der Waals surface area contributed by atoms with E-state index in [9.17, 15) is 4.79 Å². The summed E-state index contributed by atoms with van der Waals surface area (Å²) in [5.41, 5.74) is 2.56. The van der Waals surface area contributed by atoms with Gasteiger partial charge in [0.2, 0.25) is 0 Å². The zero-order valence-corrected chi connectivity index (χ0v) is 11.9. The molecule has 1 N–H and O–H groups in total. The Morgan fingerprint density at radius 1 is 1.20 bits per heavy atom. The number of hydrogen-bond acceptors (Lipinski definition) is 2.